The summed E-state index contributed by atoms with van der Waals surface area (Å²) in [7, 11) is 0. The zero-order valence-electron chi connectivity index (χ0n) is 7.67. The Labute approximate surface area is 85.4 Å². The van der Waals surface area contributed by atoms with Crippen molar-refractivity contribution in [1.29, 1.82) is 5.26 Å². The number of hydrogen-bond donors (Lipinski definition) is 0. The van der Waals surface area contributed by atoms with E-state index in [9.17, 15) is 4.39 Å². The van der Waals surface area contributed by atoms with Crippen molar-refractivity contribution in [3.05, 3.63) is 34.5 Å². The predicted molar refractivity (Wildman–Crippen MR) is 55.9 cm³/mol. The summed E-state index contributed by atoms with van der Waals surface area (Å²) < 4.78 is 14.2. The van der Waals surface area contributed by atoms with Gasteiger partial charge in [0.1, 0.15) is 11.9 Å². The minimum Gasteiger partial charge on any atom is -0.206 e. The molecule has 0 atom stereocenters. The van der Waals surface area contributed by atoms with Crippen molar-refractivity contribution in [2.24, 2.45) is 0 Å². The summed E-state index contributed by atoms with van der Waals surface area (Å²) in [6.45, 7) is 1.93. The van der Waals surface area contributed by atoms with Gasteiger partial charge in [0, 0.05) is 5.39 Å². The van der Waals surface area contributed by atoms with Crippen LogP contribution in [0.1, 0.15) is 18.1 Å². The van der Waals surface area contributed by atoms with Crippen LogP contribution in [0.5, 0.6) is 0 Å². The van der Waals surface area contributed by atoms with E-state index in [0.29, 0.717) is 17.4 Å². The summed E-state index contributed by atoms with van der Waals surface area (Å²) in [5.74, 6) is -0.225. The molecular formula is C11H8FNS. The predicted octanol–water partition coefficient (Wildman–Crippen LogP) is 3.47. The number of nitrogens with zero attached hydrogens (tertiary/aromatic N) is 1. The Morgan fingerprint density at radius 2 is 2.36 bits per heavy atom. The highest BCUT2D eigenvalue weighted by Gasteiger charge is 2.11. The number of hydrogen-bond acceptors (Lipinski definition) is 2. The first-order valence-electron chi connectivity index (χ1n) is 4.36. The molecular weight excluding hydrogens is 197 g/mol. The van der Waals surface area contributed by atoms with Gasteiger partial charge in [-0.3, -0.25) is 0 Å². The fourth-order valence-electron chi connectivity index (χ4n) is 1.54. The highest BCUT2D eigenvalue weighted by molar-refractivity contribution is 7.17. The van der Waals surface area contributed by atoms with Gasteiger partial charge in [-0.05, 0) is 29.5 Å². The summed E-state index contributed by atoms with van der Waals surface area (Å²) >= 11 is 1.42. The van der Waals surface area contributed by atoms with Gasteiger partial charge < -0.3 is 0 Å². The molecule has 0 saturated carbocycles. The Kier molecular flexibility index (Phi) is 2.22. The van der Waals surface area contributed by atoms with Gasteiger partial charge in [0.2, 0.25) is 0 Å². The molecule has 0 aliphatic heterocycles. The molecule has 3 heteroatoms. The van der Waals surface area contributed by atoms with Gasteiger partial charge in [0.25, 0.3) is 0 Å². The maximum atomic E-state index is 13.5. The summed E-state index contributed by atoms with van der Waals surface area (Å²) in [6.07, 6.45) is 0.688. The standard InChI is InChI=1S/C11H8FNS/c1-2-7-5-10(12)8-3-4-14-11(8)9(7)6-13/h3-5H,2H2,1H3. The molecule has 0 spiro atoms. The molecule has 1 nitrogen and oxygen atoms in total. The van der Waals surface area contributed by atoms with Crippen LogP contribution in [-0.2, 0) is 6.42 Å². The number of thiophene rings is 1. The normalized spacial score (nSPS) is 10.4. The van der Waals surface area contributed by atoms with Gasteiger partial charge >= 0.3 is 0 Å². The molecule has 2 rings (SSSR count). The van der Waals surface area contributed by atoms with Crippen molar-refractivity contribution in [3.8, 4) is 6.07 Å². The molecule has 0 unspecified atom stereocenters. The quantitative estimate of drug-likeness (QED) is 0.699. The second-order valence-electron chi connectivity index (χ2n) is 3.02. The summed E-state index contributed by atoms with van der Waals surface area (Å²) in [5, 5.41) is 11.4. The Bertz CT molecular complexity index is 522. The first-order valence-corrected chi connectivity index (χ1v) is 5.24. The topological polar surface area (TPSA) is 23.8 Å². The molecule has 1 heterocycles. The second-order valence-corrected chi connectivity index (χ2v) is 3.94. The molecule has 14 heavy (non-hydrogen) atoms. The van der Waals surface area contributed by atoms with E-state index in [1.54, 1.807) is 6.07 Å². The molecule has 0 radical (unpaired) electrons. The minimum absolute atomic E-state index is 0.225. The van der Waals surface area contributed by atoms with Crippen molar-refractivity contribution in [2.45, 2.75) is 13.3 Å². The molecule has 0 aliphatic carbocycles. The van der Waals surface area contributed by atoms with Crippen molar-refractivity contribution in [1.82, 2.24) is 0 Å². The molecule has 1 aromatic heterocycles. The summed E-state index contributed by atoms with van der Waals surface area (Å²) in [5.41, 5.74) is 1.42. The van der Waals surface area contributed by atoms with E-state index in [1.807, 2.05) is 12.3 Å². The molecule has 0 saturated heterocycles. The first-order chi connectivity index (χ1) is 6.77. The smallest absolute Gasteiger partial charge is 0.132 e. The van der Waals surface area contributed by atoms with Crippen molar-refractivity contribution >= 4 is 21.4 Å². The van der Waals surface area contributed by atoms with Crippen LogP contribution in [0.25, 0.3) is 10.1 Å². The third-order valence-electron chi connectivity index (χ3n) is 2.26. The fraction of sp³-hybridized carbons (Fsp3) is 0.182. The Morgan fingerprint density at radius 3 is 3.00 bits per heavy atom. The van der Waals surface area contributed by atoms with E-state index < -0.39 is 0 Å². The minimum atomic E-state index is -0.225. The first kappa shape index (κ1) is 9.17. The lowest BCUT2D eigenvalue weighted by molar-refractivity contribution is 0.638. The molecule has 1 aromatic carbocycles. The largest absolute Gasteiger partial charge is 0.206 e. The zero-order chi connectivity index (χ0) is 10.1. The van der Waals surface area contributed by atoms with Crippen LogP contribution < -0.4 is 0 Å². The van der Waals surface area contributed by atoms with E-state index in [4.69, 9.17) is 5.26 Å². The number of fused-ring (bicyclic) bond motifs is 1. The monoisotopic (exact) mass is 205 g/mol. The van der Waals surface area contributed by atoms with Crippen LogP contribution in [0.15, 0.2) is 17.5 Å². The summed E-state index contributed by atoms with van der Waals surface area (Å²) in [4.78, 5) is 0. The molecule has 0 aliphatic rings. The third-order valence-corrected chi connectivity index (χ3v) is 3.20. The Balaban J connectivity index is 2.91. The Morgan fingerprint density at radius 1 is 1.57 bits per heavy atom. The average molecular weight is 205 g/mol. The molecule has 0 amide bonds. The van der Waals surface area contributed by atoms with Crippen LogP contribution in [0.2, 0.25) is 0 Å². The van der Waals surface area contributed by atoms with E-state index >= 15 is 0 Å². The van der Waals surface area contributed by atoms with Gasteiger partial charge in [0.05, 0.1) is 10.3 Å². The third kappa shape index (κ3) is 1.19. The van der Waals surface area contributed by atoms with Crippen LogP contribution in [0, 0.1) is 17.1 Å². The Hall–Kier alpha value is -1.40. The number of rotatable bonds is 1. The average Bonchev–Trinajstić information content (AvgIpc) is 2.66. The lowest BCUT2D eigenvalue weighted by Crippen LogP contribution is -1.90. The van der Waals surface area contributed by atoms with E-state index in [2.05, 4.69) is 6.07 Å². The number of nitriles is 1. The van der Waals surface area contributed by atoms with Crippen LogP contribution >= 0.6 is 11.3 Å². The fourth-order valence-corrected chi connectivity index (χ4v) is 2.47. The van der Waals surface area contributed by atoms with Crippen molar-refractivity contribution in [3.63, 3.8) is 0 Å². The lowest BCUT2D eigenvalue weighted by atomic mass is 10.0. The molecule has 2 aromatic rings. The highest BCUT2D eigenvalue weighted by Crippen LogP contribution is 2.29. The maximum absolute atomic E-state index is 13.5. The molecule has 0 bridgehead atoms. The summed E-state index contributed by atoms with van der Waals surface area (Å²) in [6, 6.07) is 5.33. The number of halogens is 1. The van der Waals surface area contributed by atoms with Crippen molar-refractivity contribution < 1.29 is 4.39 Å². The van der Waals surface area contributed by atoms with Gasteiger partial charge in [-0.2, -0.15) is 5.26 Å². The van der Waals surface area contributed by atoms with E-state index in [1.165, 1.54) is 17.4 Å². The van der Waals surface area contributed by atoms with Crippen LogP contribution in [-0.4, -0.2) is 0 Å². The van der Waals surface area contributed by atoms with Gasteiger partial charge in [-0.25, -0.2) is 4.39 Å². The van der Waals surface area contributed by atoms with Crippen LogP contribution in [0.4, 0.5) is 4.39 Å². The zero-order valence-corrected chi connectivity index (χ0v) is 8.49. The van der Waals surface area contributed by atoms with Crippen LogP contribution in [0.3, 0.4) is 0 Å². The van der Waals surface area contributed by atoms with E-state index in [0.717, 1.165) is 10.3 Å². The van der Waals surface area contributed by atoms with E-state index in [-0.39, 0.29) is 5.82 Å². The number of aryl methyl sites for hydroxylation is 1. The lowest BCUT2D eigenvalue weighted by Gasteiger charge is -2.02. The van der Waals surface area contributed by atoms with Gasteiger partial charge in [-0.1, -0.05) is 6.92 Å². The van der Waals surface area contributed by atoms with Gasteiger partial charge in [-0.15, -0.1) is 11.3 Å². The SMILES string of the molecule is CCc1cc(F)c2ccsc2c1C#N. The molecule has 70 valence electrons. The second kappa shape index (κ2) is 3.39. The molecule has 0 fully saturated rings. The number of benzene rings is 1. The van der Waals surface area contributed by atoms with Gasteiger partial charge in [0.15, 0.2) is 0 Å². The highest BCUT2D eigenvalue weighted by atomic mass is 32.1. The molecule has 0 N–H and O–H groups in total. The van der Waals surface area contributed by atoms with Crippen molar-refractivity contribution in [2.75, 3.05) is 0 Å². The maximum Gasteiger partial charge on any atom is 0.132 e.